The molecule has 8 nitrogen and oxygen atoms in total. The van der Waals surface area contributed by atoms with E-state index in [-0.39, 0.29) is 24.4 Å². The first-order chi connectivity index (χ1) is 9.56. The molecule has 110 valence electrons. The summed E-state index contributed by atoms with van der Waals surface area (Å²) in [4.78, 5) is 28.2. The van der Waals surface area contributed by atoms with Crippen LogP contribution in [0, 0.1) is 0 Å². The fourth-order valence-corrected chi connectivity index (χ4v) is 2.11. The van der Waals surface area contributed by atoms with Gasteiger partial charge in [0.1, 0.15) is 12.3 Å². The molecule has 2 heterocycles. The zero-order valence-corrected chi connectivity index (χ0v) is 11.2. The molecule has 1 aliphatic heterocycles. The molecule has 0 aliphatic carbocycles. The molecule has 2 unspecified atom stereocenters. The Morgan fingerprint density at radius 1 is 1.60 bits per heavy atom. The fourth-order valence-electron chi connectivity index (χ4n) is 2.11. The van der Waals surface area contributed by atoms with E-state index in [1.54, 1.807) is 6.92 Å². The summed E-state index contributed by atoms with van der Waals surface area (Å²) in [7, 11) is 1.52. The first kappa shape index (κ1) is 14.3. The van der Waals surface area contributed by atoms with Crippen LogP contribution in [-0.4, -0.2) is 54.4 Å². The maximum absolute atomic E-state index is 11.5. The Morgan fingerprint density at radius 3 is 2.95 bits per heavy atom. The summed E-state index contributed by atoms with van der Waals surface area (Å²) in [6.45, 7) is 2.26. The molecule has 0 saturated carbocycles. The number of esters is 1. The summed E-state index contributed by atoms with van der Waals surface area (Å²) in [5, 5.41) is 9.20. The first-order valence-corrected chi connectivity index (χ1v) is 6.21. The van der Waals surface area contributed by atoms with E-state index < -0.39 is 18.0 Å². The number of carbonyl (C=O) groups is 2. The third-order valence-corrected chi connectivity index (χ3v) is 3.10. The molecule has 1 aromatic heterocycles. The van der Waals surface area contributed by atoms with Crippen molar-refractivity contribution in [3.05, 3.63) is 12.0 Å². The van der Waals surface area contributed by atoms with Gasteiger partial charge >= 0.3 is 11.9 Å². The maximum Gasteiger partial charge on any atom is 0.360 e. The molecule has 20 heavy (non-hydrogen) atoms. The van der Waals surface area contributed by atoms with Crippen molar-refractivity contribution in [1.29, 1.82) is 0 Å². The van der Waals surface area contributed by atoms with E-state index in [1.165, 1.54) is 12.0 Å². The molecule has 0 aromatic carbocycles. The molecular formula is C12H16N2O6. The molecule has 2 rings (SSSR count). The van der Waals surface area contributed by atoms with Crippen molar-refractivity contribution in [3.8, 4) is 0 Å². The van der Waals surface area contributed by atoms with Crippen molar-refractivity contribution >= 4 is 18.0 Å². The monoisotopic (exact) mass is 284 g/mol. The lowest BCUT2D eigenvalue weighted by Gasteiger charge is -2.18. The smallest absolute Gasteiger partial charge is 0.360 e. The second kappa shape index (κ2) is 5.91. The van der Waals surface area contributed by atoms with Gasteiger partial charge in [-0.3, -0.25) is 0 Å². The molecule has 0 bridgehead atoms. The Kier molecular flexibility index (Phi) is 4.23. The van der Waals surface area contributed by atoms with Crippen LogP contribution in [0.1, 0.15) is 23.8 Å². The van der Waals surface area contributed by atoms with Crippen molar-refractivity contribution in [2.75, 3.05) is 25.2 Å². The average Bonchev–Trinajstić information content (AvgIpc) is 3.05. The highest BCUT2D eigenvalue weighted by molar-refractivity contribution is 5.87. The normalized spacial score (nSPS) is 22.0. The highest BCUT2D eigenvalue weighted by atomic mass is 16.5. The maximum atomic E-state index is 11.5. The van der Waals surface area contributed by atoms with Crippen molar-refractivity contribution in [1.82, 2.24) is 4.98 Å². The minimum atomic E-state index is -0.986. The van der Waals surface area contributed by atoms with Crippen LogP contribution in [0.15, 0.2) is 10.7 Å². The highest BCUT2D eigenvalue weighted by Gasteiger charge is 2.39. The highest BCUT2D eigenvalue weighted by Crippen LogP contribution is 2.26. The molecule has 0 amide bonds. The molecule has 0 spiro atoms. The standard InChI is InChI=1S/C12H16N2O6/c1-3-19-11(17)8-6-20-12(13-8)14-5-7(18-2)4-9(14)10(15)16/h6-7,9H,3-5H2,1-2H3,(H,15,16). The van der Waals surface area contributed by atoms with Gasteiger partial charge in [0.05, 0.1) is 12.7 Å². The van der Waals surface area contributed by atoms with Crippen LogP contribution in [-0.2, 0) is 14.3 Å². The van der Waals surface area contributed by atoms with Crippen molar-refractivity contribution in [2.24, 2.45) is 0 Å². The molecule has 1 N–H and O–H groups in total. The van der Waals surface area contributed by atoms with Crippen molar-refractivity contribution in [3.63, 3.8) is 0 Å². The van der Waals surface area contributed by atoms with Gasteiger partial charge in [-0.2, -0.15) is 4.98 Å². The van der Waals surface area contributed by atoms with Gasteiger partial charge in [0.25, 0.3) is 6.01 Å². The Bertz CT molecular complexity index is 500. The van der Waals surface area contributed by atoms with Gasteiger partial charge < -0.3 is 23.9 Å². The third kappa shape index (κ3) is 2.74. The van der Waals surface area contributed by atoms with Crippen LogP contribution in [0.3, 0.4) is 0 Å². The summed E-state index contributed by atoms with van der Waals surface area (Å²) in [6.07, 6.45) is 1.28. The van der Waals surface area contributed by atoms with Crippen molar-refractivity contribution < 1.29 is 28.6 Å². The number of methoxy groups -OCH3 is 1. The second-order valence-electron chi connectivity index (χ2n) is 4.34. The molecule has 1 aromatic rings. The summed E-state index contributed by atoms with van der Waals surface area (Å²) in [6, 6.07) is -0.700. The zero-order chi connectivity index (χ0) is 14.7. The summed E-state index contributed by atoms with van der Waals surface area (Å²) in [5.74, 6) is -1.59. The van der Waals surface area contributed by atoms with E-state index in [0.717, 1.165) is 6.26 Å². The fraction of sp³-hybridized carbons (Fsp3) is 0.583. The van der Waals surface area contributed by atoms with Crippen LogP contribution >= 0.6 is 0 Å². The van der Waals surface area contributed by atoms with Gasteiger partial charge in [-0.1, -0.05) is 0 Å². The van der Waals surface area contributed by atoms with Crippen LogP contribution in [0.4, 0.5) is 6.01 Å². The molecule has 0 radical (unpaired) electrons. The largest absolute Gasteiger partial charge is 0.480 e. The van der Waals surface area contributed by atoms with Crippen molar-refractivity contribution in [2.45, 2.75) is 25.5 Å². The summed E-state index contributed by atoms with van der Waals surface area (Å²) < 4.78 is 15.2. The number of oxazole rings is 1. The minimum Gasteiger partial charge on any atom is -0.480 e. The topological polar surface area (TPSA) is 102 Å². The number of hydrogen-bond donors (Lipinski definition) is 1. The number of hydrogen-bond acceptors (Lipinski definition) is 7. The predicted molar refractivity (Wildman–Crippen MR) is 66.6 cm³/mol. The quantitative estimate of drug-likeness (QED) is 0.781. The molecule has 1 saturated heterocycles. The van der Waals surface area contributed by atoms with Crippen LogP contribution in [0.2, 0.25) is 0 Å². The number of carbonyl (C=O) groups excluding carboxylic acids is 1. The predicted octanol–water partition coefficient (Wildman–Crippen LogP) is 0.530. The lowest BCUT2D eigenvalue weighted by molar-refractivity contribution is -0.138. The van der Waals surface area contributed by atoms with E-state index in [2.05, 4.69) is 4.98 Å². The van der Waals surface area contributed by atoms with E-state index in [1.807, 2.05) is 0 Å². The average molecular weight is 284 g/mol. The Hall–Kier alpha value is -2.09. The first-order valence-electron chi connectivity index (χ1n) is 6.21. The molecule has 1 fully saturated rings. The summed E-state index contributed by atoms with van der Waals surface area (Å²) >= 11 is 0. The van der Waals surface area contributed by atoms with E-state index in [0.29, 0.717) is 13.0 Å². The zero-order valence-electron chi connectivity index (χ0n) is 11.2. The number of aliphatic carboxylic acids is 1. The van der Waals surface area contributed by atoms with Crippen LogP contribution < -0.4 is 4.90 Å². The Labute approximate surface area is 115 Å². The number of anilines is 1. The third-order valence-electron chi connectivity index (χ3n) is 3.10. The molecule has 1 aliphatic rings. The molecule has 8 heteroatoms. The van der Waals surface area contributed by atoms with Crippen LogP contribution in [0.5, 0.6) is 0 Å². The van der Waals surface area contributed by atoms with Gasteiger partial charge in [-0.05, 0) is 6.92 Å². The number of nitrogens with zero attached hydrogens (tertiary/aromatic N) is 2. The van der Waals surface area contributed by atoms with Gasteiger partial charge in [-0.25, -0.2) is 9.59 Å². The van der Waals surface area contributed by atoms with Crippen LogP contribution in [0.25, 0.3) is 0 Å². The number of carboxylic acids is 1. The number of rotatable bonds is 5. The Morgan fingerprint density at radius 2 is 2.35 bits per heavy atom. The second-order valence-corrected chi connectivity index (χ2v) is 4.34. The van der Waals surface area contributed by atoms with Gasteiger partial charge in [0.15, 0.2) is 5.69 Å². The van der Waals surface area contributed by atoms with E-state index >= 15 is 0 Å². The van der Waals surface area contributed by atoms with Gasteiger partial charge in [-0.15, -0.1) is 0 Å². The molecular weight excluding hydrogens is 268 g/mol. The molecule has 2 atom stereocenters. The number of carboxylic acid groups (broad SMARTS) is 1. The van der Waals surface area contributed by atoms with Gasteiger partial charge in [0.2, 0.25) is 0 Å². The number of aromatic nitrogens is 1. The minimum absolute atomic E-state index is 0.0202. The van der Waals surface area contributed by atoms with E-state index in [4.69, 9.17) is 13.9 Å². The van der Waals surface area contributed by atoms with Gasteiger partial charge in [0, 0.05) is 20.1 Å². The Balaban J connectivity index is 2.17. The lowest BCUT2D eigenvalue weighted by Crippen LogP contribution is -2.36. The summed E-state index contributed by atoms with van der Waals surface area (Å²) in [5.41, 5.74) is 0.0202. The van der Waals surface area contributed by atoms with E-state index in [9.17, 15) is 14.7 Å². The lowest BCUT2D eigenvalue weighted by atomic mass is 10.2. The SMILES string of the molecule is CCOC(=O)c1coc(N2CC(OC)CC2C(=O)O)n1. The number of ether oxygens (including phenoxy) is 2.